The lowest BCUT2D eigenvalue weighted by atomic mass is 9.94. The summed E-state index contributed by atoms with van der Waals surface area (Å²) < 4.78 is 5.28. The fraction of sp³-hybridized carbons (Fsp3) is 0.304. The molecule has 0 saturated carbocycles. The number of nitrogens with zero attached hydrogens (tertiary/aromatic N) is 1. The van der Waals surface area contributed by atoms with Gasteiger partial charge in [-0.15, -0.1) is 0 Å². The first-order valence-electron chi connectivity index (χ1n) is 8.84. The third-order valence-corrected chi connectivity index (χ3v) is 4.66. The number of methoxy groups -OCH3 is 1. The van der Waals surface area contributed by atoms with E-state index in [0.717, 1.165) is 17.9 Å². The molecule has 2 nitrogen and oxygen atoms in total. The summed E-state index contributed by atoms with van der Waals surface area (Å²) in [5.74, 6) is 0.873. The van der Waals surface area contributed by atoms with E-state index < -0.39 is 0 Å². The molecule has 0 spiro atoms. The Morgan fingerprint density at radius 3 is 2.28 bits per heavy atom. The smallest absolute Gasteiger partial charge is 0.119 e. The monoisotopic (exact) mass is 335 g/mol. The molecular formula is C23H29NO. The van der Waals surface area contributed by atoms with E-state index >= 15 is 0 Å². The van der Waals surface area contributed by atoms with Gasteiger partial charge in [-0.25, -0.2) is 0 Å². The third kappa shape index (κ3) is 4.14. The first-order chi connectivity index (χ1) is 12.0. The van der Waals surface area contributed by atoms with Gasteiger partial charge in [0, 0.05) is 24.0 Å². The lowest BCUT2D eigenvalue weighted by molar-refractivity contribution is 0.415. The zero-order valence-corrected chi connectivity index (χ0v) is 16.3. The highest BCUT2D eigenvalue weighted by Crippen LogP contribution is 2.35. The van der Waals surface area contributed by atoms with Gasteiger partial charge < -0.3 is 9.64 Å². The van der Waals surface area contributed by atoms with Gasteiger partial charge in [-0.3, -0.25) is 0 Å². The molecule has 132 valence electrons. The Bertz CT molecular complexity index is 770. The number of anilines is 2. The molecule has 0 radical (unpaired) electrons. The molecule has 25 heavy (non-hydrogen) atoms. The van der Waals surface area contributed by atoms with Crippen LogP contribution in [-0.2, 0) is 0 Å². The normalized spacial score (nSPS) is 11.4. The predicted octanol–water partition coefficient (Wildman–Crippen LogP) is 6.54. The summed E-state index contributed by atoms with van der Waals surface area (Å²) in [4.78, 5) is 2.24. The summed E-state index contributed by atoms with van der Waals surface area (Å²) in [7, 11) is 3.81. The molecule has 0 heterocycles. The Labute approximate surface area is 152 Å². The Balaban J connectivity index is 2.59. The zero-order chi connectivity index (χ0) is 18.4. The number of hydrogen-bond donors (Lipinski definition) is 0. The largest absolute Gasteiger partial charge is 0.497 e. The van der Waals surface area contributed by atoms with Gasteiger partial charge in [0.05, 0.1) is 7.11 Å². The van der Waals surface area contributed by atoms with E-state index in [9.17, 15) is 0 Å². The van der Waals surface area contributed by atoms with Gasteiger partial charge in [0.15, 0.2) is 0 Å². The molecule has 2 aromatic rings. The van der Waals surface area contributed by atoms with Gasteiger partial charge in [0.25, 0.3) is 0 Å². The second-order valence-electron chi connectivity index (χ2n) is 6.22. The molecule has 0 aliphatic rings. The summed E-state index contributed by atoms with van der Waals surface area (Å²) in [6, 6.07) is 10.5. The van der Waals surface area contributed by atoms with Crippen molar-refractivity contribution in [3.8, 4) is 5.75 Å². The molecule has 0 saturated heterocycles. The molecule has 2 heteroatoms. The summed E-state index contributed by atoms with van der Waals surface area (Å²) in [5, 5.41) is 0. The molecule has 0 unspecified atom stereocenters. The Kier molecular flexibility index (Phi) is 6.46. The molecule has 2 rings (SSSR count). The first-order valence-corrected chi connectivity index (χ1v) is 8.84. The summed E-state index contributed by atoms with van der Waals surface area (Å²) in [5.41, 5.74) is 7.56. The van der Waals surface area contributed by atoms with Crippen molar-refractivity contribution in [3.05, 3.63) is 64.7 Å². The van der Waals surface area contributed by atoms with Crippen molar-refractivity contribution in [3.63, 3.8) is 0 Å². The lowest BCUT2D eigenvalue weighted by Gasteiger charge is -2.25. The number of rotatable bonds is 6. The van der Waals surface area contributed by atoms with Crippen LogP contribution >= 0.6 is 0 Å². The average molecular weight is 335 g/mol. The van der Waals surface area contributed by atoms with Crippen LogP contribution in [0.2, 0.25) is 0 Å². The Hall–Kier alpha value is -2.48. The van der Waals surface area contributed by atoms with Gasteiger partial charge in [-0.1, -0.05) is 31.2 Å². The van der Waals surface area contributed by atoms with Gasteiger partial charge in [0.1, 0.15) is 5.75 Å². The molecule has 0 atom stereocenters. The van der Waals surface area contributed by atoms with Crippen LogP contribution in [0.25, 0.3) is 12.2 Å². The molecule has 2 aromatic carbocycles. The van der Waals surface area contributed by atoms with Crippen LogP contribution in [0.3, 0.4) is 0 Å². The van der Waals surface area contributed by atoms with E-state index in [1.165, 1.54) is 27.9 Å². The van der Waals surface area contributed by atoms with Crippen LogP contribution in [0.4, 0.5) is 11.4 Å². The highest BCUT2D eigenvalue weighted by molar-refractivity contribution is 5.80. The molecule has 0 N–H and O–H groups in total. The minimum atomic E-state index is 0.873. The highest BCUT2D eigenvalue weighted by atomic mass is 16.5. The minimum Gasteiger partial charge on any atom is -0.497 e. The van der Waals surface area contributed by atoms with E-state index in [1.54, 1.807) is 7.11 Å². The predicted molar refractivity (Wildman–Crippen MR) is 111 cm³/mol. The summed E-state index contributed by atoms with van der Waals surface area (Å²) in [6.07, 6.45) is 9.79. The van der Waals surface area contributed by atoms with Crippen LogP contribution in [0.5, 0.6) is 5.75 Å². The van der Waals surface area contributed by atoms with Crippen molar-refractivity contribution >= 4 is 23.5 Å². The number of ether oxygens (including phenoxy) is 1. The minimum absolute atomic E-state index is 0.873. The second kappa shape index (κ2) is 8.57. The highest BCUT2D eigenvalue weighted by Gasteiger charge is 2.14. The molecular weight excluding hydrogens is 306 g/mol. The van der Waals surface area contributed by atoms with Gasteiger partial charge in [0.2, 0.25) is 0 Å². The summed E-state index contributed by atoms with van der Waals surface area (Å²) in [6.45, 7) is 8.64. The topological polar surface area (TPSA) is 12.5 Å². The second-order valence-corrected chi connectivity index (χ2v) is 6.22. The summed E-state index contributed by atoms with van der Waals surface area (Å²) >= 11 is 0. The third-order valence-electron chi connectivity index (χ3n) is 4.66. The Morgan fingerprint density at radius 1 is 1.04 bits per heavy atom. The van der Waals surface area contributed by atoms with Gasteiger partial charge in [-0.2, -0.15) is 0 Å². The molecule has 0 bridgehead atoms. The van der Waals surface area contributed by atoms with E-state index in [4.69, 9.17) is 4.74 Å². The lowest BCUT2D eigenvalue weighted by Crippen LogP contribution is -2.12. The van der Waals surface area contributed by atoms with Crippen LogP contribution < -0.4 is 9.64 Å². The van der Waals surface area contributed by atoms with Crippen molar-refractivity contribution in [2.45, 2.75) is 34.1 Å². The maximum absolute atomic E-state index is 5.28. The first kappa shape index (κ1) is 18.9. The van der Waals surface area contributed by atoms with E-state index in [0.29, 0.717) is 0 Å². The maximum Gasteiger partial charge on any atom is 0.119 e. The molecule has 0 aromatic heterocycles. The Morgan fingerprint density at radius 2 is 1.72 bits per heavy atom. The van der Waals surface area contributed by atoms with Crippen LogP contribution in [-0.4, -0.2) is 14.2 Å². The molecule has 0 amide bonds. The molecule has 0 fully saturated rings. The van der Waals surface area contributed by atoms with Crippen LogP contribution in [0, 0.1) is 13.8 Å². The van der Waals surface area contributed by atoms with E-state index in [-0.39, 0.29) is 0 Å². The van der Waals surface area contributed by atoms with Crippen molar-refractivity contribution in [2.24, 2.45) is 0 Å². The van der Waals surface area contributed by atoms with Crippen LogP contribution in [0.1, 0.15) is 42.5 Å². The van der Waals surface area contributed by atoms with Gasteiger partial charge >= 0.3 is 0 Å². The quantitative estimate of drug-likeness (QED) is 0.594. The SMILES string of the molecule is C/C=C\c1c(N(C)c2ccc(OC)cc2)cc(/C=C\CC)c(C)c1C. The van der Waals surface area contributed by atoms with Crippen molar-refractivity contribution < 1.29 is 4.74 Å². The fourth-order valence-electron chi connectivity index (χ4n) is 2.96. The standard InChI is InChI=1S/C23H29NO/c1-7-9-11-19-16-23(22(10-8-2)18(4)17(19)3)24(5)20-12-14-21(25-6)15-13-20/h8-16H,7H2,1-6H3/b10-8-,11-9-. The van der Waals surface area contributed by atoms with Crippen molar-refractivity contribution in [1.29, 1.82) is 0 Å². The van der Waals surface area contributed by atoms with Gasteiger partial charge in [-0.05, 0) is 74.2 Å². The van der Waals surface area contributed by atoms with E-state index in [2.05, 4.69) is 82.1 Å². The number of allylic oxidation sites excluding steroid dienone is 2. The molecule has 0 aliphatic heterocycles. The number of hydrogen-bond acceptors (Lipinski definition) is 2. The van der Waals surface area contributed by atoms with Crippen molar-refractivity contribution in [1.82, 2.24) is 0 Å². The fourth-order valence-corrected chi connectivity index (χ4v) is 2.96. The average Bonchev–Trinajstić information content (AvgIpc) is 2.64. The maximum atomic E-state index is 5.28. The molecule has 0 aliphatic carbocycles. The van der Waals surface area contributed by atoms with Crippen molar-refractivity contribution in [2.75, 3.05) is 19.1 Å². The van der Waals surface area contributed by atoms with E-state index in [1.807, 2.05) is 12.1 Å². The number of benzene rings is 2. The zero-order valence-electron chi connectivity index (χ0n) is 16.3. The van der Waals surface area contributed by atoms with Crippen LogP contribution in [0.15, 0.2) is 42.5 Å².